The second-order valence-electron chi connectivity index (χ2n) is 4.89. The third-order valence-corrected chi connectivity index (χ3v) is 2.99. The number of hydrogen-bond donors (Lipinski definition) is 1. The molecule has 1 aliphatic rings. The summed E-state index contributed by atoms with van der Waals surface area (Å²) in [4.78, 5) is 10.9. The first-order chi connectivity index (χ1) is 7.63. The summed E-state index contributed by atoms with van der Waals surface area (Å²) in [6.45, 7) is 7.18. The van der Waals surface area contributed by atoms with Crippen molar-refractivity contribution >= 4 is 0 Å². The molecule has 2 N–H and O–H groups in total. The van der Waals surface area contributed by atoms with Crippen molar-refractivity contribution in [3.05, 3.63) is 23.8 Å². The summed E-state index contributed by atoms with van der Waals surface area (Å²) in [5, 5.41) is 0. The number of nitrogens with zero attached hydrogens (tertiary/aromatic N) is 3. The van der Waals surface area contributed by atoms with Gasteiger partial charge in [-0.25, -0.2) is 9.97 Å². The highest BCUT2D eigenvalue weighted by Gasteiger charge is 2.22. The summed E-state index contributed by atoms with van der Waals surface area (Å²) in [6.07, 6.45) is 2.96. The quantitative estimate of drug-likeness (QED) is 0.806. The van der Waals surface area contributed by atoms with E-state index in [9.17, 15) is 0 Å². The Morgan fingerprint density at radius 3 is 3.00 bits per heavy atom. The summed E-state index contributed by atoms with van der Waals surface area (Å²) in [7, 11) is 0. The Hall–Kier alpha value is -1.00. The van der Waals surface area contributed by atoms with Crippen LogP contribution in [0.1, 0.15) is 24.9 Å². The predicted molar refractivity (Wildman–Crippen MR) is 63.8 cm³/mol. The number of nitrogens with two attached hydrogens (primary N) is 1. The van der Waals surface area contributed by atoms with Gasteiger partial charge in [0.25, 0.3) is 0 Å². The molecule has 4 heteroatoms. The molecule has 0 radical (unpaired) electrons. The zero-order valence-corrected chi connectivity index (χ0v) is 10.1. The van der Waals surface area contributed by atoms with Crippen LogP contribution in [0, 0.1) is 12.8 Å². The van der Waals surface area contributed by atoms with Gasteiger partial charge >= 0.3 is 0 Å². The van der Waals surface area contributed by atoms with Crippen LogP contribution in [0.3, 0.4) is 0 Å². The van der Waals surface area contributed by atoms with Gasteiger partial charge in [-0.15, -0.1) is 0 Å². The Morgan fingerprint density at radius 2 is 2.31 bits per heavy atom. The van der Waals surface area contributed by atoms with Crippen molar-refractivity contribution in [2.75, 3.05) is 13.1 Å². The van der Waals surface area contributed by atoms with E-state index in [1.807, 2.05) is 19.2 Å². The molecule has 1 aromatic heterocycles. The smallest absolute Gasteiger partial charge is 0.125 e. The molecule has 0 aromatic carbocycles. The minimum Gasteiger partial charge on any atom is -0.327 e. The number of aryl methyl sites for hydroxylation is 1. The van der Waals surface area contributed by atoms with E-state index in [2.05, 4.69) is 21.8 Å². The standard InChI is InChI=1S/C12H20N4/c1-9-5-11(13)7-16(6-9)8-12-3-4-14-10(2)15-12/h3-4,9,11H,5-8,13H2,1-2H3. The zero-order chi connectivity index (χ0) is 11.5. The highest BCUT2D eigenvalue weighted by atomic mass is 15.2. The van der Waals surface area contributed by atoms with E-state index in [1.54, 1.807) is 0 Å². The molecule has 0 aliphatic carbocycles. The molecule has 0 bridgehead atoms. The molecule has 2 atom stereocenters. The van der Waals surface area contributed by atoms with Gasteiger partial charge in [0.2, 0.25) is 0 Å². The van der Waals surface area contributed by atoms with Crippen LogP contribution in [0.15, 0.2) is 12.3 Å². The first kappa shape index (κ1) is 11.5. The Balaban J connectivity index is 1.98. The zero-order valence-electron chi connectivity index (χ0n) is 10.1. The average molecular weight is 220 g/mol. The maximum Gasteiger partial charge on any atom is 0.125 e. The highest BCUT2D eigenvalue weighted by molar-refractivity contribution is 5.02. The Labute approximate surface area is 96.9 Å². The molecular formula is C12H20N4. The van der Waals surface area contributed by atoms with Gasteiger partial charge in [0.05, 0.1) is 5.69 Å². The Kier molecular flexibility index (Phi) is 3.51. The molecule has 2 unspecified atom stereocenters. The van der Waals surface area contributed by atoms with Gasteiger partial charge in [0.15, 0.2) is 0 Å². The maximum atomic E-state index is 6.02. The normalized spacial score (nSPS) is 26.9. The fourth-order valence-electron chi connectivity index (χ4n) is 2.46. The van der Waals surface area contributed by atoms with Crippen molar-refractivity contribution in [1.82, 2.24) is 14.9 Å². The van der Waals surface area contributed by atoms with Crippen molar-refractivity contribution in [3.63, 3.8) is 0 Å². The molecule has 4 nitrogen and oxygen atoms in total. The monoisotopic (exact) mass is 220 g/mol. The summed E-state index contributed by atoms with van der Waals surface area (Å²) in [6, 6.07) is 2.30. The lowest BCUT2D eigenvalue weighted by atomic mass is 9.96. The van der Waals surface area contributed by atoms with Gasteiger partial charge in [-0.1, -0.05) is 6.92 Å². The van der Waals surface area contributed by atoms with Crippen LogP contribution in [0.4, 0.5) is 0 Å². The van der Waals surface area contributed by atoms with Gasteiger partial charge in [-0.05, 0) is 25.3 Å². The second kappa shape index (κ2) is 4.89. The molecule has 2 heterocycles. The van der Waals surface area contributed by atoms with Crippen molar-refractivity contribution in [2.45, 2.75) is 32.9 Å². The van der Waals surface area contributed by atoms with Crippen molar-refractivity contribution in [1.29, 1.82) is 0 Å². The van der Waals surface area contributed by atoms with E-state index in [0.717, 1.165) is 37.6 Å². The molecule has 0 saturated carbocycles. The van der Waals surface area contributed by atoms with Gasteiger partial charge in [-0.2, -0.15) is 0 Å². The average Bonchev–Trinajstić information content (AvgIpc) is 2.15. The molecule has 88 valence electrons. The Bertz CT molecular complexity index is 343. The van der Waals surface area contributed by atoms with Gasteiger partial charge in [0.1, 0.15) is 5.82 Å². The maximum absolute atomic E-state index is 6.02. The lowest BCUT2D eigenvalue weighted by molar-refractivity contribution is 0.156. The van der Waals surface area contributed by atoms with Crippen LogP contribution in [-0.2, 0) is 6.54 Å². The van der Waals surface area contributed by atoms with Crippen LogP contribution in [0.2, 0.25) is 0 Å². The minimum atomic E-state index is 0.312. The van der Waals surface area contributed by atoms with Gasteiger partial charge in [-0.3, -0.25) is 4.90 Å². The first-order valence-corrected chi connectivity index (χ1v) is 5.90. The van der Waals surface area contributed by atoms with E-state index in [1.165, 1.54) is 0 Å². The number of likely N-dealkylation sites (tertiary alicyclic amines) is 1. The molecular weight excluding hydrogens is 200 g/mol. The summed E-state index contributed by atoms with van der Waals surface area (Å²) < 4.78 is 0. The molecule has 1 aromatic rings. The number of aromatic nitrogens is 2. The fraction of sp³-hybridized carbons (Fsp3) is 0.667. The van der Waals surface area contributed by atoms with Crippen LogP contribution in [-0.4, -0.2) is 34.0 Å². The van der Waals surface area contributed by atoms with Gasteiger partial charge in [0, 0.05) is 31.9 Å². The fourth-order valence-corrected chi connectivity index (χ4v) is 2.46. The van der Waals surface area contributed by atoms with E-state index < -0.39 is 0 Å². The second-order valence-corrected chi connectivity index (χ2v) is 4.89. The van der Waals surface area contributed by atoms with E-state index >= 15 is 0 Å². The first-order valence-electron chi connectivity index (χ1n) is 5.90. The van der Waals surface area contributed by atoms with Gasteiger partial charge < -0.3 is 5.73 Å². The molecule has 1 fully saturated rings. The number of rotatable bonds is 2. The topological polar surface area (TPSA) is 55.0 Å². The van der Waals surface area contributed by atoms with E-state index in [4.69, 9.17) is 5.73 Å². The largest absolute Gasteiger partial charge is 0.327 e. The highest BCUT2D eigenvalue weighted by Crippen LogP contribution is 2.16. The van der Waals surface area contributed by atoms with Crippen LogP contribution >= 0.6 is 0 Å². The molecule has 2 rings (SSSR count). The molecule has 1 aliphatic heterocycles. The van der Waals surface area contributed by atoms with E-state index in [0.29, 0.717) is 12.0 Å². The summed E-state index contributed by atoms with van der Waals surface area (Å²) in [5.41, 5.74) is 7.12. The molecule has 0 amide bonds. The Morgan fingerprint density at radius 1 is 1.50 bits per heavy atom. The lowest BCUT2D eigenvalue weighted by Gasteiger charge is -2.34. The molecule has 16 heavy (non-hydrogen) atoms. The van der Waals surface area contributed by atoms with Crippen molar-refractivity contribution in [3.8, 4) is 0 Å². The van der Waals surface area contributed by atoms with Crippen molar-refractivity contribution < 1.29 is 0 Å². The molecule has 0 spiro atoms. The summed E-state index contributed by atoms with van der Waals surface area (Å²) >= 11 is 0. The molecule has 1 saturated heterocycles. The minimum absolute atomic E-state index is 0.312. The number of piperidine rings is 1. The van der Waals surface area contributed by atoms with Crippen LogP contribution < -0.4 is 5.73 Å². The third-order valence-electron chi connectivity index (χ3n) is 2.99. The lowest BCUT2D eigenvalue weighted by Crippen LogP contribution is -2.45. The van der Waals surface area contributed by atoms with Crippen LogP contribution in [0.25, 0.3) is 0 Å². The van der Waals surface area contributed by atoms with Crippen molar-refractivity contribution in [2.24, 2.45) is 11.7 Å². The SMILES string of the molecule is Cc1nccc(CN2CC(C)CC(N)C2)n1. The third kappa shape index (κ3) is 3.00. The van der Waals surface area contributed by atoms with Crippen LogP contribution in [0.5, 0.6) is 0 Å². The summed E-state index contributed by atoms with van der Waals surface area (Å²) in [5.74, 6) is 1.53. The number of hydrogen-bond acceptors (Lipinski definition) is 4. The van der Waals surface area contributed by atoms with E-state index in [-0.39, 0.29) is 0 Å². The predicted octanol–water partition coefficient (Wildman–Crippen LogP) is 0.954.